The number of anilines is 1. The molecule has 1 saturated carbocycles. The van der Waals surface area contributed by atoms with Crippen LogP contribution in [0, 0.1) is 12.3 Å². The number of ether oxygens (including phenoxy) is 2. The van der Waals surface area contributed by atoms with E-state index in [0.29, 0.717) is 30.5 Å². The highest BCUT2D eigenvalue weighted by Gasteiger charge is 2.48. The zero-order valence-corrected chi connectivity index (χ0v) is 12.4. The molecular formula is C14H23N3O2. The van der Waals surface area contributed by atoms with Gasteiger partial charge in [-0.2, -0.15) is 4.98 Å². The molecule has 2 atom stereocenters. The molecule has 5 nitrogen and oxygen atoms in total. The van der Waals surface area contributed by atoms with Crippen LogP contribution in [0.5, 0.6) is 5.88 Å². The third-order valence-electron chi connectivity index (χ3n) is 3.89. The van der Waals surface area contributed by atoms with Gasteiger partial charge in [-0.1, -0.05) is 13.8 Å². The second-order valence-electron chi connectivity index (χ2n) is 5.55. The molecule has 1 aliphatic carbocycles. The normalized spacial score (nSPS) is 24.7. The van der Waals surface area contributed by atoms with Crippen molar-refractivity contribution in [2.24, 2.45) is 5.41 Å². The Hall–Kier alpha value is -1.36. The summed E-state index contributed by atoms with van der Waals surface area (Å²) in [6, 6.07) is 2.22. The maximum atomic E-state index is 5.46. The first kappa shape index (κ1) is 14.1. The first-order valence-corrected chi connectivity index (χ1v) is 6.75. The third-order valence-corrected chi connectivity index (χ3v) is 3.89. The summed E-state index contributed by atoms with van der Waals surface area (Å²) in [7, 11) is 1.77. The number of methoxy groups -OCH3 is 1. The minimum absolute atomic E-state index is 0.110. The molecule has 0 saturated heterocycles. The predicted molar refractivity (Wildman–Crippen MR) is 74.5 cm³/mol. The number of nitrogens with one attached hydrogen (secondary N) is 1. The average Bonchev–Trinajstić information content (AvgIpc) is 2.33. The Bertz CT molecular complexity index is 448. The minimum atomic E-state index is 0.110. The van der Waals surface area contributed by atoms with Crippen LogP contribution in [-0.2, 0) is 4.74 Å². The van der Waals surface area contributed by atoms with E-state index in [-0.39, 0.29) is 5.41 Å². The fraction of sp³-hybridized carbons (Fsp3) is 0.714. The van der Waals surface area contributed by atoms with E-state index in [9.17, 15) is 0 Å². The van der Waals surface area contributed by atoms with E-state index < -0.39 is 0 Å². The Morgan fingerprint density at radius 1 is 1.42 bits per heavy atom. The van der Waals surface area contributed by atoms with Crippen molar-refractivity contribution in [2.45, 2.75) is 46.3 Å². The fourth-order valence-corrected chi connectivity index (χ4v) is 2.54. The maximum Gasteiger partial charge on any atom is 0.218 e. The number of aromatic nitrogens is 2. The molecular weight excluding hydrogens is 242 g/mol. The second kappa shape index (κ2) is 5.33. The van der Waals surface area contributed by atoms with Crippen molar-refractivity contribution in [1.29, 1.82) is 0 Å². The number of rotatable bonds is 5. The van der Waals surface area contributed by atoms with E-state index >= 15 is 0 Å². The summed E-state index contributed by atoms with van der Waals surface area (Å²) in [5.74, 6) is 2.16. The summed E-state index contributed by atoms with van der Waals surface area (Å²) in [6.45, 7) is 8.84. The summed E-state index contributed by atoms with van der Waals surface area (Å²) < 4.78 is 10.9. The van der Waals surface area contributed by atoms with Gasteiger partial charge in [-0.3, -0.25) is 0 Å². The summed E-state index contributed by atoms with van der Waals surface area (Å²) in [6.07, 6.45) is 1.30. The predicted octanol–water partition coefficient (Wildman–Crippen LogP) is 2.41. The Kier molecular flexibility index (Phi) is 3.94. The molecule has 1 heterocycles. The number of nitrogens with zero attached hydrogens (tertiary/aromatic N) is 2. The van der Waals surface area contributed by atoms with Crippen LogP contribution in [0.25, 0.3) is 0 Å². The molecule has 1 aromatic rings. The third kappa shape index (κ3) is 2.81. The first-order valence-electron chi connectivity index (χ1n) is 6.75. The zero-order valence-electron chi connectivity index (χ0n) is 12.4. The van der Waals surface area contributed by atoms with Crippen LogP contribution in [0.15, 0.2) is 6.07 Å². The molecule has 2 unspecified atom stereocenters. The summed E-state index contributed by atoms with van der Waals surface area (Å²) in [5.41, 5.74) is 0.110. The summed E-state index contributed by atoms with van der Waals surface area (Å²) >= 11 is 0. The number of hydrogen-bond donors (Lipinski definition) is 1. The lowest BCUT2D eigenvalue weighted by Gasteiger charge is -2.51. The lowest BCUT2D eigenvalue weighted by Crippen LogP contribution is -2.57. The van der Waals surface area contributed by atoms with Crippen LogP contribution in [0.1, 0.15) is 33.0 Å². The molecule has 1 N–H and O–H groups in total. The van der Waals surface area contributed by atoms with Crippen molar-refractivity contribution < 1.29 is 9.47 Å². The molecule has 0 aliphatic heterocycles. The van der Waals surface area contributed by atoms with Gasteiger partial charge in [-0.15, -0.1) is 0 Å². The SMILES string of the molecule is CCOc1cc(NC2CC(OC)C2(C)C)nc(C)n1. The molecule has 2 rings (SSSR count). The zero-order chi connectivity index (χ0) is 14.0. The van der Waals surface area contributed by atoms with E-state index in [0.717, 1.165) is 12.2 Å². The quantitative estimate of drug-likeness (QED) is 0.886. The Morgan fingerprint density at radius 3 is 2.74 bits per heavy atom. The molecule has 1 aromatic heterocycles. The molecule has 19 heavy (non-hydrogen) atoms. The molecule has 0 aromatic carbocycles. The van der Waals surface area contributed by atoms with Crippen molar-refractivity contribution in [1.82, 2.24) is 9.97 Å². The lowest BCUT2D eigenvalue weighted by molar-refractivity contribution is -0.0795. The fourth-order valence-electron chi connectivity index (χ4n) is 2.54. The summed E-state index contributed by atoms with van der Waals surface area (Å²) in [4.78, 5) is 8.66. The van der Waals surface area contributed by atoms with E-state index in [1.54, 1.807) is 7.11 Å². The number of hydrogen-bond acceptors (Lipinski definition) is 5. The van der Waals surface area contributed by atoms with Gasteiger partial charge in [0, 0.05) is 24.6 Å². The molecule has 0 spiro atoms. The monoisotopic (exact) mass is 265 g/mol. The molecule has 1 aliphatic rings. The van der Waals surface area contributed by atoms with Crippen LogP contribution in [-0.4, -0.2) is 35.8 Å². The summed E-state index contributed by atoms with van der Waals surface area (Å²) in [5, 5.41) is 3.46. The van der Waals surface area contributed by atoms with Crippen molar-refractivity contribution in [3.05, 3.63) is 11.9 Å². The number of aryl methyl sites for hydroxylation is 1. The van der Waals surface area contributed by atoms with Gasteiger partial charge in [0.05, 0.1) is 12.7 Å². The maximum absolute atomic E-state index is 5.46. The van der Waals surface area contributed by atoms with Crippen molar-refractivity contribution >= 4 is 5.82 Å². The van der Waals surface area contributed by atoms with Crippen LogP contribution in [0.4, 0.5) is 5.82 Å². The molecule has 0 radical (unpaired) electrons. The van der Waals surface area contributed by atoms with Crippen molar-refractivity contribution in [3.8, 4) is 5.88 Å². The van der Waals surface area contributed by atoms with Crippen LogP contribution < -0.4 is 10.1 Å². The van der Waals surface area contributed by atoms with Crippen molar-refractivity contribution in [3.63, 3.8) is 0 Å². The average molecular weight is 265 g/mol. The first-order chi connectivity index (χ1) is 8.97. The van der Waals surface area contributed by atoms with E-state index in [1.807, 2.05) is 19.9 Å². The van der Waals surface area contributed by atoms with E-state index in [2.05, 4.69) is 29.1 Å². The van der Waals surface area contributed by atoms with E-state index in [4.69, 9.17) is 9.47 Å². The van der Waals surface area contributed by atoms with Gasteiger partial charge in [0.15, 0.2) is 0 Å². The second-order valence-corrected chi connectivity index (χ2v) is 5.55. The molecule has 5 heteroatoms. The van der Waals surface area contributed by atoms with Crippen LogP contribution >= 0.6 is 0 Å². The Morgan fingerprint density at radius 2 is 2.16 bits per heavy atom. The Labute approximate surface area is 114 Å². The van der Waals surface area contributed by atoms with Gasteiger partial charge in [0.1, 0.15) is 11.6 Å². The topological polar surface area (TPSA) is 56.3 Å². The van der Waals surface area contributed by atoms with Gasteiger partial charge in [0.25, 0.3) is 0 Å². The molecule has 106 valence electrons. The van der Waals surface area contributed by atoms with Crippen LogP contribution in [0.2, 0.25) is 0 Å². The van der Waals surface area contributed by atoms with Gasteiger partial charge in [-0.05, 0) is 20.3 Å². The van der Waals surface area contributed by atoms with Gasteiger partial charge >= 0.3 is 0 Å². The minimum Gasteiger partial charge on any atom is -0.478 e. The highest BCUT2D eigenvalue weighted by atomic mass is 16.5. The van der Waals surface area contributed by atoms with Gasteiger partial charge in [0.2, 0.25) is 5.88 Å². The lowest BCUT2D eigenvalue weighted by atomic mass is 9.64. The largest absolute Gasteiger partial charge is 0.478 e. The van der Waals surface area contributed by atoms with Crippen LogP contribution in [0.3, 0.4) is 0 Å². The molecule has 0 amide bonds. The highest BCUT2D eigenvalue weighted by molar-refractivity contribution is 5.41. The molecule has 1 fully saturated rings. The highest BCUT2D eigenvalue weighted by Crippen LogP contribution is 2.43. The van der Waals surface area contributed by atoms with Crippen molar-refractivity contribution in [2.75, 3.05) is 19.0 Å². The Balaban J connectivity index is 2.08. The smallest absolute Gasteiger partial charge is 0.218 e. The standard InChI is InChI=1S/C14H23N3O2/c1-6-19-13-8-12(15-9(2)16-13)17-10-7-11(18-5)14(10,3)4/h8,10-11H,6-7H2,1-5H3,(H,15,16,17). The van der Waals surface area contributed by atoms with Gasteiger partial charge in [-0.25, -0.2) is 4.98 Å². The van der Waals surface area contributed by atoms with E-state index in [1.165, 1.54) is 0 Å². The molecule has 0 bridgehead atoms. The van der Waals surface area contributed by atoms with Gasteiger partial charge < -0.3 is 14.8 Å².